The lowest BCUT2D eigenvalue weighted by molar-refractivity contribution is 0.254. The molecule has 0 aliphatic rings. The van der Waals surface area contributed by atoms with Crippen LogP contribution in [-0.2, 0) is 10.1 Å². The predicted octanol–water partition coefficient (Wildman–Crippen LogP) is 0.507. The van der Waals surface area contributed by atoms with Crippen molar-refractivity contribution in [3.8, 4) is 0 Å². The number of hydrogen-bond acceptors (Lipinski definition) is 5. The number of para-hydroxylation sites is 1. The highest BCUT2D eigenvalue weighted by Crippen LogP contribution is 2.08. The Morgan fingerprint density at radius 1 is 0.909 bits per heavy atom. The summed E-state index contributed by atoms with van der Waals surface area (Å²) in [6, 6.07) is 13.5. The molecule has 0 spiro atoms. The van der Waals surface area contributed by atoms with Crippen molar-refractivity contribution in [2.75, 3.05) is 0 Å². The Bertz CT molecular complexity index is 1050. The van der Waals surface area contributed by atoms with Crippen LogP contribution in [0.3, 0.4) is 0 Å². The molecule has 0 saturated carbocycles. The summed E-state index contributed by atoms with van der Waals surface area (Å²) in [4.78, 5) is 26.3. The number of aromatic amines is 1. The van der Waals surface area contributed by atoms with Crippen LogP contribution in [0, 0.1) is 0 Å². The maximum atomic E-state index is 12.2. The third-order valence-corrected chi connectivity index (χ3v) is 4.17. The lowest BCUT2D eigenvalue weighted by Gasteiger charge is -2.08. The van der Waals surface area contributed by atoms with E-state index in [1.807, 2.05) is 0 Å². The zero-order valence-corrected chi connectivity index (χ0v) is 11.9. The van der Waals surface area contributed by atoms with E-state index >= 15 is 0 Å². The van der Waals surface area contributed by atoms with Gasteiger partial charge in [0, 0.05) is 0 Å². The average molecular weight is 318 g/mol. The monoisotopic (exact) mass is 318 g/mol. The zero-order chi connectivity index (χ0) is 15.7. The quantitative estimate of drug-likeness (QED) is 0.758. The van der Waals surface area contributed by atoms with Gasteiger partial charge >= 0.3 is 15.8 Å². The topological polar surface area (TPSA) is 98.2 Å². The van der Waals surface area contributed by atoms with Gasteiger partial charge in [0.15, 0.2) is 0 Å². The van der Waals surface area contributed by atoms with Crippen LogP contribution in [0.1, 0.15) is 0 Å². The molecule has 0 aliphatic heterocycles. The second kappa shape index (κ2) is 5.15. The third-order valence-electron chi connectivity index (χ3n) is 2.97. The summed E-state index contributed by atoms with van der Waals surface area (Å²) in [6.07, 6.45) is 0. The van der Waals surface area contributed by atoms with E-state index in [4.69, 9.17) is 4.28 Å². The van der Waals surface area contributed by atoms with Gasteiger partial charge in [0.2, 0.25) is 0 Å². The summed E-state index contributed by atoms with van der Waals surface area (Å²) < 4.78 is 29.1. The van der Waals surface area contributed by atoms with Crippen molar-refractivity contribution in [1.82, 2.24) is 9.71 Å². The Balaban J connectivity index is 2.16. The van der Waals surface area contributed by atoms with Crippen molar-refractivity contribution in [1.29, 1.82) is 0 Å². The van der Waals surface area contributed by atoms with Gasteiger partial charge in [0.1, 0.15) is 4.90 Å². The van der Waals surface area contributed by atoms with Crippen molar-refractivity contribution in [2.24, 2.45) is 0 Å². The van der Waals surface area contributed by atoms with Gasteiger partial charge in [-0.2, -0.15) is 8.42 Å². The van der Waals surface area contributed by atoms with Crippen molar-refractivity contribution in [2.45, 2.75) is 4.90 Å². The van der Waals surface area contributed by atoms with Crippen molar-refractivity contribution in [3.63, 3.8) is 0 Å². The van der Waals surface area contributed by atoms with Gasteiger partial charge < -0.3 is 4.98 Å². The summed E-state index contributed by atoms with van der Waals surface area (Å²) in [5.41, 5.74) is -1.52. The van der Waals surface area contributed by atoms with E-state index in [-0.39, 0.29) is 15.0 Å². The van der Waals surface area contributed by atoms with Crippen molar-refractivity contribution in [3.05, 3.63) is 75.4 Å². The second-order valence-electron chi connectivity index (χ2n) is 4.42. The van der Waals surface area contributed by atoms with Crippen LogP contribution in [0.5, 0.6) is 0 Å². The van der Waals surface area contributed by atoms with Crippen LogP contribution in [-0.4, -0.2) is 18.1 Å². The van der Waals surface area contributed by atoms with E-state index in [0.29, 0.717) is 5.52 Å². The summed E-state index contributed by atoms with van der Waals surface area (Å²) in [6.45, 7) is 0. The minimum absolute atomic E-state index is 0.144. The molecule has 0 saturated heterocycles. The lowest BCUT2D eigenvalue weighted by Crippen LogP contribution is -2.41. The van der Waals surface area contributed by atoms with Crippen LogP contribution >= 0.6 is 0 Å². The largest absolute Gasteiger partial charge is 0.363 e. The number of benzene rings is 2. The summed E-state index contributed by atoms with van der Waals surface area (Å²) in [5.74, 6) is 0. The van der Waals surface area contributed by atoms with Crippen molar-refractivity contribution >= 4 is 21.0 Å². The van der Waals surface area contributed by atoms with Crippen LogP contribution in [0.4, 0.5) is 0 Å². The predicted molar refractivity (Wildman–Crippen MR) is 79.0 cm³/mol. The second-order valence-corrected chi connectivity index (χ2v) is 5.95. The van der Waals surface area contributed by atoms with Gasteiger partial charge in [0.25, 0.3) is 5.56 Å². The molecule has 2 aromatic carbocycles. The van der Waals surface area contributed by atoms with Gasteiger partial charge in [-0.25, -0.2) is 4.79 Å². The molecule has 0 unspecified atom stereocenters. The first-order valence-electron chi connectivity index (χ1n) is 6.23. The molecule has 0 amide bonds. The van der Waals surface area contributed by atoms with Crippen LogP contribution in [0.2, 0.25) is 0 Å². The molecular formula is C14H10N2O5S. The van der Waals surface area contributed by atoms with E-state index in [2.05, 4.69) is 4.98 Å². The summed E-state index contributed by atoms with van der Waals surface area (Å²) >= 11 is 0. The Morgan fingerprint density at radius 2 is 1.55 bits per heavy atom. The molecule has 0 fully saturated rings. The Morgan fingerprint density at radius 3 is 2.27 bits per heavy atom. The summed E-state index contributed by atoms with van der Waals surface area (Å²) in [5, 5.41) is 0.144. The molecule has 0 aliphatic carbocycles. The SMILES string of the molecule is O=c1[nH]c2ccccc2c(=O)n1OS(=O)(=O)c1ccccc1. The minimum Gasteiger partial charge on any atom is -0.304 e. The van der Waals surface area contributed by atoms with E-state index in [1.165, 1.54) is 36.4 Å². The molecule has 7 nitrogen and oxygen atoms in total. The first kappa shape index (κ1) is 14.1. The fraction of sp³-hybridized carbons (Fsp3) is 0. The fourth-order valence-corrected chi connectivity index (χ4v) is 2.85. The highest BCUT2D eigenvalue weighted by atomic mass is 32.2. The number of rotatable bonds is 3. The highest BCUT2D eigenvalue weighted by Gasteiger charge is 2.19. The molecule has 0 radical (unpaired) electrons. The smallest absolute Gasteiger partial charge is 0.304 e. The first-order valence-corrected chi connectivity index (χ1v) is 7.64. The van der Waals surface area contributed by atoms with Gasteiger partial charge in [0.05, 0.1) is 10.9 Å². The van der Waals surface area contributed by atoms with E-state index in [0.717, 1.165) is 0 Å². The normalized spacial score (nSPS) is 11.5. The molecule has 3 aromatic rings. The van der Waals surface area contributed by atoms with Crippen LogP contribution < -0.4 is 15.5 Å². The number of H-pyrrole nitrogens is 1. The molecule has 8 heteroatoms. The van der Waals surface area contributed by atoms with Crippen LogP contribution in [0.15, 0.2) is 69.1 Å². The third kappa shape index (κ3) is 2.40. The maximum Gasteiger partial charge on any atom is 0.363 e. The maximum absolute atomic E-state index is 12.2. The molecule has 22 heavy (non-hydrogen) atoms. The molecule has 0 atom stereocenters. The van der Waals surface area contributed by atoms with Gasteiger partial charge in [-0.05, 0) is 24.3 Å². The summed E-state index contributed by atoms with van der Waals surface area (Å²) in [7, 11) is -4.28. The van der Waals surface area contributed by atoms with E-state index in [9.17, 15) is 18.0 Å². The number of fused-ring (bicyclic) bond motifs is 1. The standard InChI is InChI=1S/C14H10N2O5S/c17-13-11-8-4-5-9-12(11)15-14(18)16(13)21-22(19,20)10-6-2-1-3-7-10/h1-9H,(H,15,18). The number of nitrogens with zero attached hydrogens (tertiary/aromatic N) is 1. The number of nitrogens with one attached hydrogen (secondary N) is 1. The Hall–Kier alpha value is -2.87. The minimum atomic E-state index is -4.28. The first-order chi connectivity index (χ1) is 10.5. The molecule has 1 N–H and O–H groups in total. The van der Waals surface area contributed by atoms with Gasteiger partial charge in [-0.1, -0.05) is 35.1 Å². The molecular weight excluding hydrogens is 308 g/mol. The molecule has 3 rings (SSSR count). The average Bonchev–Trinajstić information content (AvgIpc) is 2.52. The molecule has 1 heterocycles. The number of hydrogen-bond donors (Lipinski definition) is 1. The fourth-order valence-electron chi connectivity index (χ4n) is 1.94. The van der Waals surface area contributed by atoms with E-state index < -0.39 is 21.4 Å². The molecule has 0 bridgehead atoms. The zero-order valence-electron chi connectivity index (χ0n) is 11.1. The highest BCUT2D eigenvalue weighted by molar-refractivity contribution is 7.87. The Labute approximate surface area is 124 Å². The van der Waals surface area contributed by atoms with Crippen LogP contribution in [0.25, 0.3) is 10.9 Å². The Kier molecular flexibility index (Phi) is 3.30. The van der Waals surface area contributed by atoms with Crippen molar-refractivity contribution < 1.29 is 12.7 Å². The van der Waals surface area contributed by atoms with E-state index in [1.54, 1.807) is 18.2 Å². The molecule has 1 aromatic heterocycles. The molecule has 112 valence electrons. The van der Waals surface area contributed by atoms with Gasteiger partial charge in [-0.3, -0.25) is 9.08 Å². The van der Waals surface area contributed by atoms with Gasteiger partial charge in [-0.15, -0.1) is 0 Å². The lowest BCUT2D eigenvalue weighted by atomic mass is 10.2. The number of aromatic nitrogens is 2.